The van der Waals surface area contributed by atoms with Gasteiger partial charge >= 0.3 is 0 Å². The molecule has 0 heterocycles. The predicted molar refractivity (Wildman–Crippen MR) is 68.3 cm³/mol. The molecule has 1 aromatic carbocycles. The van der Waals surface area contributed by atoms with Crippen LogP contribution in [0.2, 0.25) is 0 Å². The van der Waals surface area contributed by atoms with Crippen LogP contribution >= 0.6 is 0 Å². The van der Waals surface area contributed by atoms with Gasteiger partial charge in [0.1, 0.15) is 5.75 Å². The maximum absolute atomic E-state index is 5.53. The molecule has 94 valence electrons. The fourth-order valence-corrected chi connectivity index (χ4v) is 1.34. The minimum absolute atomic E-state index is 0.610. The minimum Gasteiger partial charge on any atom is -0.497 e. The molecule has 3 heteroatoms. The lowest BCUT2D eigenvalue weighted by Gasteiger charge is -2.05. The molecule has 0 aliphatic rings. The van der Waals surface area contributed by atoms with E-state index in [-0.39, 0.29) is 0 Å². The Kier molecular flexibility index (Phi) is 7.11. The summed E-state index contributed by atoms with van der Waals surface area (Å²) in [7, 11) is 1.66. The summed E-state index contributed by atoms with van der Waals surface area (Å²) in [6, 6.07) is 7.89. The van der Waals surface area contributed by atoms with Gasteiger partial charge in [-0.15, -0.1) is 6.58 Å². The van der Waals surface area contributed by atoms with Crippen LogP contribution in [0.5, 0.6) is 5.75 Å². The maximum Gasteiger partial charge on any atom is 0.118 e. The summed E-state index contributed by atoms with van der Waals surface area (Å²) >= 11 is 0. The van der Waals surface area contributed by atoms with Gasteiger partial charge in [-0.05, 0) is 24.1 Å². The Morgan fingerprint density at radius 3 is 2.47 bits per heavy atom. The Morgan fingerprint density at radius 1 is 1.12 bits per heavy atom. The molecule has 0 aliphatic carbocycles. The van der Waals surface area contributed by atoms with Gasteiger partial charge in [-0.3, -0.25) is 0 Å². The average Bonchev–Trinajstić information content (AvgIpc) is 2.38. The average molecular weight is 236 g/mol. The van der Waals surface area contributed by atoms with Crippen molar-refractivity contribution in [2.75, 3.05) is 26.9 Å². The van der Waals surface area contributed by atoms with E-state index in [9.17, 15) is 0 Å². The summed E-state index contributed by atoms with van der Waals surface area (Å²) in [5, 5.41) is 0. The molecule has 0 N–H and O–H groups in total. The van der Waals surface area contributed by atoms with E-state index in [1.807, 2.05) is 24.3 Å². The number of methoxy groups -OCH3 is 1. The first-order valence-corrected chi connectivity index (χ1v) is 5.76. The second-order valence-electron chi connectivity index (χ2n) is 3.62. The monoisotopic (exact) mass is 236 g/mol. The molecule has 0 aliphatic heterocycles. The van der Waals surface area contributed by atoms with E-state index in [0.717, 1.165) is 17.7 Å². The van der Waals surface area contributed by atoms with Crippen LogP contribution < -0.4 is 4.74 Å². The van der Waals surface area contributed by atoms with E-state index in [1.165, 1.54) is 0 Å². The Labute approximate surface area is 103 Å². The highest BCUT2D eigenvalue weighted by Gasteiger charge is 1.95. The molecule has 0 bridgehead atoms. The number of hydrogen-bond donors (Lipinski definition) is 0. The number of rotatable bonds is 9. The largest absolute Gasteiger partial charge is 0.497 e. The van der Waals surface area contributed by atoms with Gasteiger partial charge in [0.15, 0.2) is 0 Å². The first-order valence-electron chi connectivity index (χ1n) is 5.76. The van der Waals surface area contributed by atoms with Gasteiger partial charge in [0, 0.05) is 13.2 Å². The van der Waals surface area contributed by atoms with Crippen LogP contribution in [-0.4, -0.2) is 26.9 Å². The van der Waals surface area contributed by atoms with E-state index in [4.69, 9.17) is 14.2 Å². The highest BCUT2D eigenvalue weighted by molar-refractivity contribution is 5.26. The smallest absolute Gasteiger partial charge is 0.118 e. The van der Waals surface area contributed by atoms with Crippen molar-refractivity contribution in [2.24, 2.45) is 0 Å². The minimum atomic E-state index is 0.610. The first kappa shape index (κ1) is 13.7. The van der Waals surface area contributed by atoms with Crippen molar-refractivity contribution >= 4 is 0 Å². The fraction of sp³-hybridized carbons (Fsp3) is 0.429. The summed E-state index contributed by atoms with van der Waals surface area (Å²) in [5.74, 6) is 0.867. The van der Waals surface area contributed by atoms with Gasteiger partial charge in [-0.2, -0.15) is 0 Å². The second-order valence-corrected chi connectivity index (χ2v) is 3.62. The third-order valence-corrected chi connectivity index (χ3v) is 2.24. The van der Waals surface area contributed by atoms with Crippen molar-refractivity contribution in [3.05, 3.63) is 42.5 Å². The standard InChI is InChI=1S/C14H20O3/c1-3-9-16-10-4-11-17-12-13-5-7-14(15-2)8-6-13/h3,5-8H,1,4,9-12H2,2H3. The molecular formula is C14H20O3. The summed E-state index contributed by atoms with van der Waals surface area (Å²) in [4.78, 5) is 0. The zero-order valence-electron chi connectivity index (χ0n) is 10.4. The van der Waals surface area contributed by atoms with E-state index < -0.39 is 0 Å². The molecule has 0 aromatic heterocycles. The molecule has 0 spiro atoms. The van der Waals surface area contributed by atoms with Gasteiger partial charge < -0.3 is 14.2 Å². The lowest BCUT2D eigenvalue weighted by molar-refractivity contribution is 0.0846. The van der Waals surface area contributed by atoms with E-state index >= 15 is 0 Å². The molecule has 1 rings (SSSR count). The first-order chi connectivity index (χ1) is 8.36. The Morgan fingerprint density at radius 2 is 1.82 bits per heavy atom. The van der Waals surface area contributed by atoms with Gasteiger partial charge in [0.2, 0.25) is 0 Å². The Hall–Kier alpha value is -1.32. The van der Waals surface area contributed by atoms with Gasteiger partial charge in [-0.1, -0.05) is 18.2 Å². The molecule has 1 aromatic rings. The molecule has 0 radical (unpaired) electrons. The molecule has 3 nitrogen and oxygen atoms in total. The van der Waals surface area contributed by atoms with Crippen molar-refractivity contribution in [3.63, 3.8) is 0 Å². The van der Waals surface area contributed by atoms with Crippen LogP contribution in [0.1, 0.15) is 12.0 Å². The van der Waals surface area contributed by atoms with E-state index in [0.29, 0.717) is 26.4 Å². The van der Waals surface area contributed by atoms with Crippen LogP contribution in [0.4, 0.5) is 0 Å². The quantitative estimate of drug-likeness (QED) is 0.487. The SMILES string of the molecule is C=CCOCCCOCc1ccc(OC)cc1. The van der Waals surface area contributed by atoms with Gasteiger partial charge in [-0.25, -0.2) is 0 Å². The molecule has 0 atom stereocenters. The molecule has 17 heavy (non-hydrogen) atoms. The highest BCUT2D eigenvalue weighted by Crippen LogP contribution is 2.11. The Balaban J connectivity index is 2.07. The fourth-order valence-electron chi connectivity index (χ4n) is 1.34. The topological polar surface area (TPSA) is 27.7 Å². The lowest BCUT2D eigenvalue weighted by atomic mass is 10.2. The molecular weight excluding hydrogens is 216 g/mol. The summed E-state index contributed by atoms with van der Waals surface area (Å²) in [6.07, 6.45) is 2.65. The summed E-state index contributed by atoms with van der Waals surface area (Å²) in [6.45, 7) is 6.25. The molecule has 0 saturated heterocycles. The van der Waals surface area contributed by atoms with E-state index in [2.05, 4.69) is 6.58 Å². The van der Waals surface area contributed by atoms with Crippen LogP contribution in [0.15, 0.2) is 36.9 Å². The molecule has 0 unspecified atom stereocenters. The van der Waals surface area contributed by atoms with Gasteiger partial charge in [0.25, 0.3) is 0 Å². The van der Waals surface area contributed by atoms with Crippen molar-refractivity contribution in [3.8, 4) is 5.75 Å². The number of benzene rings is 1. The van der Waals surface area contributed by atoms with Crippen molar-refractivity contribution < 1.29 is 14.2 Å². The lowest BCUT2D eigenvalue weighted by Crippen LogP contribution is -2.01. The summed E-state index contributed by atoms with van der Waals surface area (Å²) in [5.41, 5.74) is 1.15. The second kappa shape index (κ2) is 8.79. The zero-order valence-corrected chi connectivity index (χ0v) is 10.4. The van der Waals surface area contributed by atoms with Crippen molar-refractivity contribution in [1.82, 2.24) is 0 Å². The van der Waals surface area contributed by atoms with Crippen LogP contribution in [-0.2, 0) is 16.1 Å². The van der Waals surface area contributed by atoms with Crippen molar-refractivity contribution in [1.29, 1.82) is 0 Å². The number of hydrogen-bond acceptors (Lipinski definition) is 3. The highest BCUT2D eigenvalue weighted by atomic mass is 16.5. The van der Waals surface area contributed by atoms with Crippen LogP contribution in [0.25, 0.3) is 0 Å². The molecule has 0 saturated carbocycles. The third kappa shape index (κ3) is 6.09. The van der Waals surface area contributed by atoms with E-state index in [1.54, 1.807) is 13.2 Å². The molecule has 0 amide bonds. The maximum atomic E-state index is 5.53. The van der Waals surface area contributed by atoms with Crippen LogP contribution in [0, 0.1) is 0 Å². The normalized spacial score (nSPS) is 10.2. The molecule has 0 fully saturated rings. The van der Waals surface area contributed by atoms with Gasteiger partial charge in [0.05, 0.1) is 20.3 Å². The van der Waals surface area contributed by atoms with Crippen LogP contribution in [0.3, 0.4) is 0 Å². The third-order valence-electron chi connectivity index (χ3n) is 2.24. The summed E-state index contributed by atoms with van der Waals surface area (Å²) < 4.78 is 15.9. The number of ether oxygens (including phenoxy) is 3. The van der Waals surface area contributed by atoms with Crippen molar-refractivity contribution in [2.45, 2.75) is 13.0 Å². The Bertz CT molecular complexity index is 306. The predicted octanol–water partition coefficient (Wildman–Crippen LogP) is 2.80. The zero-order chi connectivity index (χ0) is 12.3.